The lowest BCUT2D eigenvalue weighted by atomic mass is 9.86. The van der Waals surface area contributed by atoms with Crippen LogP contribution in [0.3, 0.4) is 0 Å². The van der Waals surface area contributed by atoms with Crippen LogP contribution < -0.4 is 0 Å². The summed E-state index contributed by atoms with van der Waals surface area (Å²) in [5.74, 6) is -0.165. The van der Waals surface area contributed by atoms with E-state index in [1.807, 2.05) is 31.1 Å². The quantitative estimate of drug-likeness (QED) is 0.593. The van der Waals surface area contributed by atoms with Gasteiger partial charge in [-0.15, -0.1) is 0 Å². The molecule has 0 saturated carbocycles. The zero-order valence-corrected chi connectivity index (χ0v) is 18.4. The Hall–Kier alpha value is -0.910. The Balaban J connectivity index is 2.98. The van der Waals surface area contributed by atoms with Crippen LogP contribution in [0.15, 0.2) is 12.1 Å². The molecule has 6 heteroatoms. The fourth-order valence-electron chi connectivity index (χ4n) is 3.08. The van der Waals surface area contributed by atoms with Gasteiger partial charge in [-0.2, -0.15) is 0 Å². The highest BCUT2D eigenvalue weighted by Gasteiger charge is 2.21. The van der Waals surface area contributed by atoms with Crippen LogP contribution in [0, 0.1) is 0 Å². The number of carbonyl (C=O) groups excluding carboxylic acids is 1. The summed E-state index contributed by atoms with van der Waals surface area (Å²) in [6.45, 7) is 8.92. The van der Waals surface area contributed by atoms with Crippen molar-refractivity contribution in [2.45, 2.75) is 52.4 Å². The molecule has 0 heterocycles. The first kappa shape index (κ1) is 23.1. The van der Waals surface area contributed by atoms with E-state index < -0.39 is 15.6 Å². The minimum atomic E-state index is -3.37. The van der Waals surface area contributed by atoms with Crippen LogP contribution in [0.1, 0.15) is 62.6 Å². The van der Waals surface area contributed by atoms with Crippen LogP contribution in [0.25, 0.3) is 0 Å². The van der Waals surface area contributed by atoms with E-state index in [-0.39, 0.29) is 29.8 Å². The monoisotopic (exact) mass is 401 g/mol. The van der Waals surface area contributed by atoms with Crippen LogP contribution in [0.2, 0.25) is 5.02 Å². The molecule has 0 aromatic heterocycles. The topological polar surface area (TPSA) is 54.5 Å². The summed E-state index contributed by atoms with van der Waals surface area (Å²) < 4.78 is 24.5. The molecule has 0 saturated heterocycles. The molecule has 1 rings (SSSR count). The molecule has 0 aliphatic rings. The molecule has 0 bridgehead atoms. The number of ketones is 1. The average Bonchev–Trinajstić information content (AvgIpc) is 2.46. The molecule has 0 amide bonds. The van der Waals surface area contributed by atoms with Crippen LogP contribution in [-0.2, 0) is 21.1 Å². The van der Waals surface area contributed by atoms with Crippen molar-refractivity contribution in [2.75, 3.05) is 32.1 Å². The Kier molecular flexibility index (Phi) is 8.77. The van der Waals surface area contributed by atoms with Crippen LogP contribution in [0.4, 0.5) is 0 Å². The number of hydrogen-bond acceptors (Lipinski definition) is 4. The van der Waals surface area contributed by atoms with Crippen LogP contribution >= 0.6 is 11.6 Å². The van der Waals surface area contributed by atoms with E-state index in [1.165, 1.54) is 0 Å². The van der Waals surface area contributed by atoms with E-state index in [4.69, 9.17) is 11.6 Å². The number of carbonyl (C=O) groups is 1. The zero-order valence-electron chi connectivity index (χ0n) is 16.8. The standard InChI is InChI=1S/C20H32ClNO3S/c1-14(2)18-10-16(21)11-19(15(3)4)20(18)12-17(23)13-26(24,25)9-7-8-22(5)6/h10-11,14-15H,7-9,12-13H2,1-6H3. The maximum Gasteiger partial charge on any atom is 0.157 e. The van der Waals surface area contributed by atoms with Gasteiger partial charge in [-0.25, -0.2) is 8.42 Å². The number of benzene rings is 1. The van der Waals surface area contributed by atoms with Gasteiger partial charge in [-0.1, -0.05) is 39.3 Å². The number of Topliss-reactive ketones (excluding diaryl/α,β-unsaturated/α-hetero) is 1. The Morgan fingerprint density at radius 3 is 2.00 bits per heavy atom. The normalized spacial score (nSPS) is 12.4. The smallest absolute Gasteiger partial charge is 0.157 e. The highest BCUT2D eigenvalue weighted by Crippen LogP contribution is 2.32. The molecule has 0 unspecified atom stereocenters. The summed E-state index contributed by atoms with van der Waals surface area (Å²) in [4.78, 5) is 14.5. The fourth-order valence-corrected chi connectivity index (χ4v) is 4.62. The van der Waals surface area contributed by atoms with Gasteiger partial charge in [0, 0.05) is 11.4 Å². The third-order valence-corrected chi connectivity index (χ3v) is 6.23. The Labute approximate surface area is 163 Å². The molecule has 0 aliphatic heterocycles. The summed E-state index contributed by atoms with van der Waals surface area (Å²) in [5, 5.41) is 0.657. The molecule has 148 valence electrons. The first-order valence-electron chi connectivity index (χ1n) is 9.12. The SMILES string of the molecule is CC(C)c1cc(Cl)cc(C(C)C)c1CC(=O)CS(=O)(=O)CCCN(C)C. The third-order valence-electron chi connectivity index (χ3n) is 4.34. The van der Waals surface area contributed by atoms with E-state index in [0.717, 1.165) is 16.7 Å². The highest BCUT2D eigenvalue weighted by molar-refractivity contribution is 7.92. The largest absolute Gasteiger partial charge is 0.309 e. The lowest BCUT2D eigenvalue weighted by Gasteiger charge is -2.20. The Morgan fingerprint density at radius 2 is 1.58 bits per heavy atom. The van der Waals surface area contributed by atoms with Crippen LogP contribution in [-0.4, -0.2) is 51.2 Å². The Bertz CT molecular complexity index is 696. The number of hydrogen-bond donors (Lipinski definition) is 0. The van der Waals surface area contributed by atoms with Gasteiger partial charge in [0.05, 0.1) is 5.75 Å². The number of sulfone groups is 1. The molecule has 0 atom stereocenters. The van der Waals surface area contributed by atoms with Crippen molar-refractivity contribution in [3.8, 4) is 0 Å². The van der Waals surface area contributed by atoms with E-state index in [0.29, 0.717) is 18.0 Å². The van der Waals surface area contributed by atoms with Gasteiger partial charge < -0.3 is 4.90 Å². The summed E-state index contributed by atoms with van der Waals surface area (Å²) in [5.41, 5.74) is 2.99. The molecule has 1 aromatic rings. The van der Waals surface area contributed by atoms with Gasteiger partial charge >= 0.3 is 0 Å². The van der Waals surface area contributed by atoms with Gasteiger partial charge in [-0.3, -0.25) is 4.79 Å². The van der Waals surface area contributed by atoms with Crippen molar-refractivity contribution in [1.29, 1.82) is 0 Å². The van der Waals surface area contributed by atoms with Crippen LogP contribution in [0.5, 0.6) is 0 Å². The molecule has 0 N–H and O–H groups in total. The predicted octanol–water partition coefficient (Wildman–Crippen LogP) is 4.06. The predicted molar refractivity (Wildman–Crippen MR) is 110 cm³/mol. The van der Waals surface area contributed by atoms with Crippen molar-refractivity contribution < 1.29 is 13.2 Å². The van der Waals surface area contributed by atoms with E-state index in [9.17, 15) is 13.2 Å². The van der Waals surface area contributed by atoms with E-state index in [2.05, 4.69) is 27.7 Å². The molecule has 1 aromatic carbocycles. The first-order valence-corrected chi connectivity index (χ1v) is 11.3. The van der Waals surface area contributed by atoms with Gasteiger partial charge in [0.2, 0.25) is 0 Å². The Morgan fingerprint density at radius 1 is 1.08 bits per heavy atom. The van der Waals surface area contributed by atoms with Crippen molar-refractivity contribution in [1.82, 2.24) is 4.90 Å². The minimum absolute atomic E-state index is 0.0472. The summed E-state index contributed by atoms with van der Waals surface area (Å²) in [6, 6.07) is 3.79. The molecule has 0 fully saturated rings. The van der Waals surface area contributed by atoms with Gasteiger partial charge in [0.15, 0.2) is 15.6 Å². The first-order chi connectivity index (χ1) is 11.9. The lowest BCUT2D eigenvalue weighted by Crippen LogP contribution is -2.24. The maximum atomic E-state index is 12.5. The molecular formula is C20H32ClNO3S. The molecular weight excluding hydrogens is 370 g/mol. The minimum Gasteiger partial charge on any atom is -0.309 e. The number of halogens is 1. The van der Waals surface area contributed by atoms with Crippen molar-refractivity contribution in [3.63, 3.8) is 0 Å². The van der Waals surface area contributed by atoms with Gasteiger partial charge in [0.1, 0.15) is 5.75 Å². The molecule has 0 radical (unpaired) electrons. The van der Waals surface area contributed by atoms with E-state index in [1.54, 1.807) is 0 Å². The second-order valence-corrected chi connectivity index (χ2v) is 10.5. The number of nitrogens with zero attached hydrogens (tertiary/aromatic N) is 1. The van der Waals surface area contributed by atoms with Crippen molar-refractivity contribution in [2.24, 2.45) is 0 Å². The molecule has 4 nitrogen and oxygen atoms in total. The maximum absolute atomic E-state index is 12.5. The lowest BCUT2D eigenvalue weighted by molar-refractivity contribution is -0.116. The van der Waals surface area contributed by atoms with Crippen molar-refractivity contribution >= 4 is 27.2 Å². The highest BCUT2D eigenvalue weighted by atomic mass is 35.5. The zero-order chi connectivity index (χ0) is 20.1. The van der Waals surface area contributed by atoms with E-state index >= 15 is 0 Å². The van der Waals surface area contributed by atoms with Gasteiger partial charge in [-0.05, 0) is 67.7 Å². The second-order valence-electron chi connectivity index (χ2n) is 7.84. The molecule has 0 spiro atoms. The summed E-state index contributed by atoms with van der Waals surface area (Å²) >= 11 is 6.25. The second kappa shape index (κ2) is 9.86. The van der Waals surface area contributed by atoms with Gasteiger partial charge in [0.25, 0.3) is 0 Å². The molecule has 26 heavy (non-hydrogen) atoms. The fraction of sp³-hybridized carbons (Fsp3) is 0.650. The third kappa shape index (κ3) is 7.37. The summed E-state index contributed by atoms with van der Waals surface area (Å²) in [7, 11) is 0.431. The summed E-state index contributed by atoms with van der Waals surface area (Å²) in [6.07, 6.45) is 0.684. The average molecular weight is 402 g/mol. The van der Waals surface area contributed by atoms with Crippen molar-refractivity contribution in [3.05, 3.63) is 33.8 Å². The molecule has 0 aliphatic carbocycles. The number of rotatable bonds is 10.